The number of carboxylic acid groups (broad SMARTS) is 1. The van der Waals surface area contributed by atoms with Gasteiger partial charge in [-0.05, 0) is 19.1 Å². The summed E-state index contributed by atoms with van der Waals surface area (Å²) in [6.07, 6.45) is 0.715. The third-order valence-electron chi connectivity index (χ3n) is 3.30. The highest BCUT2D eigenvalue weighted by Crippen LogP contribution is 2.32. The second kappa shape index (κ2) is 5.90. The molecule has 0 aromatic heterocycles. The Bertz CT molecular complexity index is 642. The number of hydrogen-bond donors (Lipinski definition) is 1. The van der Waals surface area contributed by atoms with E-state index < -0.39 is 22.0 Å². The highest BCUT2D eigenvalue weighted by molar-refractivity contribution is 7.89. The second-order valence-corrected chi connectivity index (χ2v) is 6.69. The van der Waals surface area contributed by atoms with E-state index in [1.807, 2.05) is 0 Å². The van der Waals surface area contributed by atoms with Gasteiger partial charge in [0.1, 0.15) is 6.04 Å². The van der Waals surface area contributed by atoms with Crippen LogP contribution in [0.2, 0.25) is 0 Å². The summed E-state index contributed by atoms with van der Waals surface area (Å²) < 4.78 is 36.5. The van der Waals surface area contributed by atoms with E-state index in [2.05, 4.69) is 0 Å². The molecule has 1 N–H and O–H groups in total. The van der Waals surface area contributed by atoms with Crippen LogP contribution in [0.3, 0.4) is 0 Å². The molecule has 0 spiro atoms. The van der Waals surface area contributed by atoms with Crippen molar-refractivity contribution in [1.82, 2.24) is 4.31 Å². The lowest BCUT2D eigenvalue weighted by Crippen LogP contribution is -2.40. The van der Waals surface area contributed by atoms with Crippen molar-refractivity contribution in [3.8, 4) is 11.5 Å². The number of ether oxygens (including phenoxy) is 2. The average molecular weight is 315 g/mol. The quantitative estimate of drug-likeness (QED) is 0.889. The van der Waals surface area contributed by atoms with Crippen molar-refractivity contribution >= 4 is 16.0 Å². The van der Waals surface area contributed by atoms with E-state index in [4.69, 9.17) is 14.6 Å². The minimum Gasteiger partial charge on any atom is -0.490 e. The monoisotopic (exact) mass is 315 g/mol. The lowest BCUT2D eigenvalue weighted by molar-refractivity contribution is -0.140. The van der Waals surface area contributed by atoms with E-state index in [1.54, 1.807) is 0 Å². The lowest BCUT2D eigenvalue weighted by atomic mass is 10.3. The van der Waals surface area contributed by atoms with E-state index in [9.17, 15) is 13.2 Å². The van der Waals surface area contributed by atoms with Crippen LogP contribution in [0.1, 0.15) is 13.3 Å². The number of benzene rings is 1. The Morgan fingerprint density at radius 3 is 2.52 bits per heavy atom. The molecule has 116 valence electrons. The van der Waals surface area contributed by atoms with Crippen LogP contribution in [0.5, 0.6) is 11.5 Å². The van der Waals surface area contributed by atoms with E-state index in [0.29, 0.717) is 31.1 Å². The smallest absolute Gasteiger partial charge is 0.321 e. The Balaban J connectivity index is 2.37. The normalized spacial score (nSPS) is 16.3. The Labute approximate surface area is 123 Å². The largest absolute Gasteiger partial charge is 0.490 e. The molecule has 0 saturated carbocycles. The maximum Gasteiger partial charge on any atom is 0.321 e. The van der Waals surface area contributed by atoms with Crippen LogP contribution >= 0.6 is 0 Å². The molecule has 0 amide bonds. The SMILES string of the molecule is CC(C(=O)O)N(C)S(=O)(=O)c1ccc2c(c1)OCCCO2. The van der Waals surface area contributed by atoms with Gasteiger partial charge in [-0.2, -0.15) is 4.31 Å². The van der Waals surface area contributed by atoms with Gasteiger partial charge in [-0.3, -0.25) is 4.79 Å². The fourth-order valence-electron chi connectivity index (χ4n) is 1.83. The minimum absolute atomic E-state index is 0.0256. The van der Waals surface area contributed by atoms with Crippen LogP contribution < -0.4 is 9.47 Å². The molecule has 21 heavy (non-hydrogen) atoms. The summed E-state index contributed by atoms with van der Waals surface area (Å²) in [4.78, 5) is 10.9. The van der Waals surface area contributed by atoms with Crippen molar-refractivity contribution in [2.24, 2.45) is 0 Å². The second-order valence-electron chi connectivity index (χ2n) is 4.69. The third kappa shape index (κ3) is 3.11. The lowest BCUT2D eigenvalue weighted by Gasteiger charge is -2.21. The summed E-state index contributed by atoms with van der Waals surface area (Å²) >= 11 is 0. The molecule has 1 heterocycles. The fraction of sp³-hybridized carbons (Fsp3) is 0.462. The van der Waals surface area contributed by atoms with Gasteiger partial charge in [0.15, 0.2) is 11.5 Å². The summed E-state index contributed by atoms with van der Waals surface area (Å²) in [6.45, 7) is 2.26. The molecule has 1 aromatic carbocycles. The Kier molecular flexibility index (Phi) is 4.38. The van der Waals surface area contributed by atoms with Crippen LogP contribution in [0.25, 0.3) is 0 Å². The van der Waals surface area contributed by atoms with E-state index in [0.717, 1.165) is 4.31 Å². The van der Waals surface area contributed by atoms with Crippen LogP contribution in [-0.2, 0) is 14.8 Å². The van der Waals surface area contributed by atoms with Crippen molar-refractivity contribution < 1.29 is 27.8 Å². The summed E-state index contributed by atoms with van der Waals surface area (Å²) in [7, 11) is -2.68. The van der Waals surface area contributed by atoms with Gasteiger partial charge in [0.25, 0.3) is 0 Å². The van der Waals surface area contributed by atoms with Crippen LogP contribution in [0.4, 0.5) is 0 Å². The maximum atomic E-state index is 12.4. The molecule has 0 radical (unpaired) electrons. The first kappa shape index (κ1) is 15.6. The number of carboxylic acids is 1. The van der Waals surface area contributed by atoms with Crippen molar-refractivity contribution in [1.29, 1.82) is 0 Å². The van der Waals surface area contributed by atoms with Gasteiger partial charge in [-0.15, -0.1) is 0 Å². The van der Waals surface area contributed by atoms with Gasteiger partial charge in [0, 0.05) is 19.5 Å². The van der Waals surface area contributed by atoms with E-state index in [1.165, 1.54) is 32.2 Å². The number of aliphatic carboxylic acids is 1. The number of hydrogen-bond acceptors (Lipinski definition) is 5. The van der Waals surface area contributed by atoms with Crippen LogP contribution in [0, 0.1) is 0 Å². The van der Waals surface area contributed by atoms with Crippen molar-refractivity contribution in [3.63, 3.8) is 0 Å². The summed E-state index contributed by atoms with van der Waals surface area (Å²) in [5.74, 6) is -0.374. The summed E-state index contributed by atoms with van der Waals surface area (Å²) in [5, 5.41) is 8.94. The number of sulfonamides is 1. The Hall–Kier alpha value is -1.80. The number of carbonyl (C=O) groups is 1. The van der Waals surface area contributed by atoms with Gasteiger partial charge in [-0.1, -0.05) is 0 Å². The van der Waals surface area contributed by atoms with Gasteiger partial charge in [0.2, 0.25) is 10.0 Å². The van der Waals surface area contributed by atoms with Gasteiger partial charge in [-0.25, -0.2) is 8.42 Å². The summed E-state index contributed by atoms with van der Waals surface area (Å²) in [6, 6.07) is 3.10. The highest BCUT2D eigenvalue weighted by Gasteiger charge is 2.30. The molecular weight excluding hydrogens is 298 g/mol. The molecule has 0 aliphatic carbocycles. The summed E-state index contributed by atoms with van der Waals surface area (Å²) in [5.41, 5.74) is 0. The van der Waals surface area contributed by atoms with Gasteiger partial charge >= 0.3 is 5.97 Å². The number of nitrogens with zero attached hydrogens (tertiary/aromatic N) is 1. The topological polar surface area (TPSA) is 93.1 Å². The van der Waals surface area contributed by atoms with Crippen molar-refractivity contribution in [2.75, 3.05) is 20.3 Å². The van der Waals surface area contributed by atoms with Gasteiger partial charge in [0.05, 0.1) is 18.1 Å². The molecule has 1 atom stereocenters. The predicted molar refractivity (Wildman–Crippen MR) is 74.1 cm³/mol. The number of fused-ring (bicyclic) bond motifs is 1. The maximum absolute atomic E-state index is 12.4. The number of likely N-dealkylation sites (N-methyl/N-ethyl adjacent to an activating group) is 1. The first-order valence-corrected chi connectivity index (χ1v) is 7.88. The Morgan fingerprint density at radius 2 is 1.90 bits per heavy atom. The molecule has 8 heteroatoms. The standard InChI is InChI=1S/C13H17NO6S/c1-9(13(15)16)14(2)21(17,18)10-4-5-11-12(8-10)20-7-3-6-19-11/h4-5,8-9H,3,6-7H2,1-2H3,(H,15,16). The molecule has 1 unspecified atom stereocenters. The zero-order valence-electron chi connectivity index (χ0n) is 11.8. The average Bonchev–Trinajstić information content (AvgIpc) is 2.69. The van der Waals surface area contributed by atoms with Crippen molar-refractivity contribution in [2.45, 2.75) is 24.3 Å². The van der Waals surface area contributed by atoms with Crippen LogP contribution in [0.15, 0.2) is 23.1 Å². The molecule has 0 saturated heterocycles. The number of rotatable bonds is 4. The molecule has 1 aliphatic rings. The van der Waals surface area contributed by atoms with E-state index in [-0.39, 0.29) is 4.90 Å². The first-order chi connectivity index (χ1) is 9.84. The zero-order valence-corrected chi connectivity index (χ0v) is 12.6. The third-order valence-corrected chi connectivity index (χ3v) is 5.22. The first-order valence-electron chi connectivity index (χ1n) is 6.44. The van der Waals surface area contributed by atoms with Crippen LogP contribution in [-0.4, -0.2) is 50.1 Å². The zero-order chi connectivity index (χ0) is 15.6. The molecule has 7 nitrogen and oxygen atoms in total. The molecule has 1 aromatic rings. The fourth-order valence-corrected chi connectivity index (χ4v) is 3.17. The highest BCUT2D eigenvalue weighted by atomic mass is 32.2. The van der Waals surface area contributed by atoms with Crippen molar-refractivity contribution in [3.05, 3.63) is 18.2 Å². The molecule has 2 rings (SSSR count). The molecule has 1 aliphatic heterocycles. The molecule has 0 bridgehead atoms. The molecular formula is C13H17NO6S. The Morgan fingerprint density at radius 1 is 1.29 bits per heavy atom. The minimum atomic E-state index is -3.91. The van der Waals surface area contributed by atoms with Gasteiger partial charge < -0.3 is 14.6 Å². The van der Waals surface area contributed by atoms with E-state index >= 15 is 0 Å². The molecule has 0 fully saturated rings. The predicted octanol–water partition coefficient (Wildman–Crippen LogP) is 0.942.